The predicted molar refractivity (Wildman–Crippen MR) is 82.6 cm³/mol. The Morgan fingerprint density at radius 2 is 1.79 bits per heavy atom. The number of hydrogen-bond acceptors (Lipinski definition) is 3. The fourth-order valence-electron chi connectivity index (χ4n) is 3.05. The molecule has 1 atom stereocenters. The molecule has 0 radical (unpaired) electrons. The van der Waals surface area contributed by atoms with Crippen LogP contribution in [0.25, 0.3) is 0 Å². The number of nitrogens with two attached hydrogens (primary N) is 1. The third-order valence-corrected chi connectivity index (χ3v) is 5.46. The second-order valence-corrected chi connectivity index (χ2v) is 7.92. The summed E-state index contributed by atoms with van der Waals surface area (Å²) in [4.78, 5) is 5.58. The molecule has 2 saturated carbocycles. The third-order valence-electron chi connectivity index (χ3n) is 4.48. The molecule has 0 spiro atoms. The molecule has 3 heteroatoms. The fraction of sp³-hybridized carbons (Fsp3) is 0.750. The van der Waals surface area contributed by atoms with Crippen LogP contribution in [0.3, 0.4) is 0 Å². The van der Waals surface area contributed by atoms with E-state index in [4.69, 9.17) is 5.73 Å². The summed E-state index contributed by atoms with van der Waals surface area (Å²) in [6, 6.07) is 2.82. The Hall–Kier alpha value is -0.380. The number of nitrogens with zero attached hydrogens (tertiary/aromatic N) is 1. The Bertz CT molecular complexity index is 418. The first-order valence-electron chi connectivity index (χ1n) is 7.68. The van der Waals surface area contributed by atoms with Crippen molar-refractivity contribution in [1.82, 2.24) is 4.90 Å². The van der Waals surface area contributed by atoms with Crippen LogP contribution in [0, 0.1) is 25.7 Å². The molecule has 0 saturated heterocycles. The van der Waals surface area contributed by atoms with Crippen LogP contribution in [0.1, 0.15) is 47.0 Å². The van der Waals surface area contributed by atoms with Gasteiger partial charge in [-0.3, -0.25) is 4.90 Å². The van der Waals surface area contributed by atoms with Crippen molar-refractivity contribution in [2.75, 3.05) is 19.6 Å². The van der Waals surface area contributed by atoms with Crippen molar-refractivity contribution >= 4 is 11.3 Å². The number of thiophene rings is 1. The van der Waals surface area contributed by atoms with Crippen LogP contribution in [0.2, 0.25) is 0 Å². The van der Waals surface area contributed by atoms with E-state index in [-0.39, 0.29) is 0 Å². The highest BCUT2D eigenvalue weighted by Gasteiger charge is 2.33. The first-order chi connectivity index (χ1) is 9.17. The average molecular weight is 278 g/mol. The molecule has 0 aromatic carbocycles. The fourth-order valence-corrected chi connectivity index (χ4v) is 4.03. The molecule has 2 fully saturated rings. The van der Waals surface area contributed by atoms with Crippen molar-refractivity contribution in [2.45, 2.75) is 45.6 Å². The second-order valence-electron chi connectivity index (χ2n) is 6.46. The molecule has 106 valence electrons. The number of rotatable bonds is 7. The van der Waals surface area contributed by atoms with E-state index in [1.54, 1.807) is 0 Å². The van der Waals surface area contributed by atoms with Crippen LogP contribution in [0.5, 0.6) is 0 Å². The van der Waals surface area contributed by atoms with Gasteiger partial charge in [0, 0.05) is 35.4 Å². The minimum absolute atomic E-state index is 0.450. The molecule has 1 unspecified atom stereocenters. The molecule has 2 aliphatic carbocycles. The summed E-state index contributed by atoms with van der Waals surface area (Å²) in [5, 5.41) is 0. The van der Waals surface area contributed by atoms with Crippen LogP contribution in [0.15, 0.2) is 6.07 Å². The van der Waals surface area contributed by atoms with E-state index in [1.807, 2.05) is 11.3 Å². The highest BCUT2D eigenvalue weighted by atomic mass is 32.1. The van der Waals surface area contributed by atoms with Gasteiger partial charge in [0.05, 0.1) is 0 Å². The Morgan fingerprint density at radius 1 is 1.21 bits per heavy atom. The molecule has 1 aromatic heterocycles. The maximum atomic E-state index is 6.14. The minimum atomic E-state index is 0.450. The maximum absolute atomic E-state index is 6.14. The van der Waals surface area contributed by atoms with Gasteiger partial charge in [-0.15, -0.1) is 11.3 Å². The zero-order valence-corrected chi connectivity index (χ0v) is 13.0. The van der Waals surface area contributed by atoms with Crippen molar-refractivity contribution in [2.24, 2.45) is 17.6 Å². The Morgan fingerprint density at radius 3 is 2.16 bits per heavy atom. The van der Waals surface area contributed by atoms with Crippen LogP contribution in [-0.4, -0.2) is 24.5 Å². The van der Waals surface area contributed by atoms with E-state index in [9.17, 15) is 0 Å². The largest absolute Gasteiger partial charge is 0.329 e. The molecule has 0 amide bonds. The standard InChI is InChI=1S/C16H26N2S/c1-11-7-15(12(2)19-11)16(8-17)18(9-13-3-4-13)10-14-5-6-14/h7,13-14,16H,3-6,8-10,17H2,1-2H3. The van der Waals surface area contributed by atoms with Crippen LogP contribution < -0.4 is 5.73 Å². The average Bonchev–Trinajstić information content (AvgIpc) is 3.25. The quantitative estimate of drug-likeness (QED) is 0.827. The maximum Gasteiger partial charge on any atom is 0.0481 e. The smallest absolute Gasteiger partial charge is 0.0481 e. The summed E-state index contributed by atoms with van der Waals surface area (Å²) in [6.07, 6.45) is 5.72. The van der Waals surface area contributed by atoms with Gasteiger partial charge in [-0.05, 0) is 63.0 Å². The van der Waals surface area contributed by atoms with Gasteiger partial charge in [0.1, 0.15) is 0 Å². The Balaban J connectivity index is 1.77. The summed E-state index contributed by atoms with van der Waals surface area (Å²) in [5.74, 6) is 1.90. The predicted octanol–water partition coefficient (Wildman–Crippen LogP) is 3.49. The van der Waals surface area contributed by atoms with Crippen molar-refractivity contribution in [3.8, 4) is 0 Å². The second kappa shape index (κ2) is 5.55. The van der Waals surface area contributed by atoms with E-state index in [1.165, 1.54) is 54.1 Å². The van der Waals surface area contributed by atoms with E-state index in [0.717, 1.165) is 18.4 Å². The molecule has 0 bridgehead atoms. The van der Waals surface area contributed by atoms with Gasteiger partial charge in [-0.1, -0.05) is 0 Å². The summed E-state index contributed by atoms with van der Waals surface area (Å²) in [7, 11) is 0. The zero-order valence-electron chi connectivity index (χ0n) is 12.2. The monoisotopic (exact) mass is 278 g/mol. The Kier molecular flexibility index (Phi) is 3.97. The molecule has 0 aliphatic heterocycles. The normalized spacial score (nSPS) is 21.1. The highest BCUT2D eigenvalue weighted by molar-refractivity contribution is 7.12. The molecular weight excluding hydrogens is 252 g/mol. The lowest BCUT2D eigenvalue weighted by Crippen LogP contribution is -2.37. The Labute approximate surface area is 121 Å². The molecule has 2 N–H and O–H groups in total. The minimum Gasteiger partial charge on any atom is -0.329 e. The lowest BCUT2D eigenvalue weighted by molar-refractivity contribution is 0.184. The SMILES string of the molecule is Cc1cc(C(CN)N(CC2CC2)CC2CC2)c(C)s1. The third kappa shape index (κ3) is 3.39. The van der Waals surface area contributed by atoms with Crippen LogP contribution in [-0.2, 0) is 0 Å². The van der Waals surface area contributed by atoms with Crippen molar-refractivity contribution in [1.29, 1.82) is 0 Å². The van der Waals surface area contributed by atoms with E-state index in [0.29, 0.717) is 6.04 Å². The molecule has 2 aliphatic rings. The molecule has 2 nitrogen and oxygen atoms in total. The summed E-state index contributed by atoms with van der Waals surface area (Å²) < 4.78 is 0. The summed E-state index contributed by atoms with van der Waals surface area (Å²) in [5.41, 5.74) is 7.63. The van der Waals surface area contributed by atoms with Crippen LogP contribution >= 0.6 is 11.3 Å². The first-order valence-corrected chi connectivity index (χ1v) is 8.50. The van der Waals surface area contributed by atoms with E-state index < -0.39 is 0 Å². The lowest BCUT2D eigenvalue weighted by Gasteiger charge is -2.31. The summed E-state index contributed by atoms with van der Waals surface area (Å²) in [6.45, 7) is 7.76. The van der Waals surface area contributed by atoms with Gasteiger partial charge < -0.3 is 5.73 Å². The molecule has 3 rings (SSSR count). The van der Waals surface area contributed by atoms with Gasteiger partial charge in [-0.2, -0.15) is 0 Å². The van der Waals surface area contributed by atoms with Gasteiger partial charge in [-0.25, -0.2) is 0 Å². The van der Waals surface area contributed by atoms with Crippen LogP contribution in [0.4, 0.5) is 0 Å². The number of aryl methyl sites for hydroxylation is 2. The molecule has 1 heterocycles. The molecular formula is C16H26N2S. The number of hydrogen-bond donors (Lipinski definition) is 1. The van der Waals surface area contributed by atoms with Gasteiger partial charge in [0.25, 0.3) is 0 Å². The van der Waals surface area contributed by atoms with Gasteiger partial charge >= 0.3 is 0 Å². The van der Waals surface area contributed by atoms with Crippen molar-refractivity contribution < 1.29 is 0 Å². The van der Waals surface area contributed by atoms with E-state index >= 15 is 0 Å². The molecule has 1 aromatic rings. The lowest BCUT2D eigenvalue weighted by atomic mass is 10.0. The van der Waals surface area contributed by atoms with Crippen molar-refractivity contribution in [3.63, 3.8) is 0 Å². The topological polar surface area (TPSA) is 29.3 Å². The first kappa shape index (κ1) is 13.6. The van der Waals surface area contributed by atoms with Gasteiger partial charge in [0.15, 0.2) is 0 Å². The molecule has 19 heavy (non-hydrogen) atoms. The van der Waals surface area contributed by atoms with Gasteiger partial charge in [0.2, 0.25) is 0 Å². The zero-order chi connectivity index (χ0) is 13.4. The highest BCUT2D eigenvalue weighted by Crippen LogP contribution is 2.38. The van der Waals surface area contributed by atoms with Crippen molar-refractivity contribution in [3.05, 3.63) is 21.4 Å². The summed E-state index contributed by atoms with van der Waals surface area (Å²) >= 11 is 1.92. The van der Waals surface area contributed by atoms with E-state index in [2.05, 4.69) is 24.8 Å².